The molecule has 0 aliphatic rings. The fraction of sp³-hybridized carbons (Fsp3) is 0. The van der Waals surface area contributed by atoms with E-state index >= 15 is 0 Å². The van der Waals surface area contributed by atoms with E-state index in [0.717, 1.165) is 8.04 Å². The van der Waals surface area contributed by atoms with Crippen LogP contribution in [0.2, 0.25) is 5.28 Å². The number of nitrogens with zero attached hydrogens (tertiary/aromatic N) is 2. The minimum atomic E-state index is -0.166. The van der Waals surface area contributed by atoms with Gasteiger partial charge in [0.1, 0.15) is 0 Å². The number of halogens is 3. The second-order valence-corrected chi connectivity index (χ2v) is 6.66. The van der Waals surface area contributed by atoms with E-state index in [-0.39, 0.29) is 10.8 Å². The van der Waals surface area contributed by atoms with Gasteiger partial charge in [0.15, 0.2) is 0 Å². The van der Waals surface area contributed by atoms with Gasteiger partial charge in [-0.2, -0.15) is 0 Å². The van der Waals surface area contributed by atoms with E-state index in [0.29, 0.717) is 16.6 Å². The van der Waals surface area contributed by atoms with Crippen molar-refractivity contribution < 1.29 is 0 Å². The van der Waals surface area contributed by atoms with Crippen molar-refractivity contribution in [1.82, 2.24) is 9.55 Å². The number of benzene rings is 2. The van der Waals surface area contributed by atoms with Crippen molar-refractivity contribution in [2.45, 2.75) is 0 Å². The van der Waals surface area contributed by atoms with Crippen LogP contribution in [0.25, 0.3) is 16.6 Å². The van der Waals surface area contributed by atoms with Gasteiger partial charge >= 0.3 is 0 Å². The van der Waals surface area contributed by atoms with Crippen LogP contribution in [0.1, 0.15) is 0 Å². The number of hydrogen-bond acceptors (Lipinski definition) is 2. The summed E-state index contributed by atoms with van der Waals surface area (Å²) in [5, 5.41) is 0.718. The van der Waals surface area contributed by atoms with Crippen molar-refractivity contribution in [3.05, 3.63) is 66.1 Å². The van der Waals surface area contributed by atoms with Gasteiger partial charge in [0.05, 0.1) is 16.6 Å². The highest BCUT2D eigenvalue weighted by Crippen LogP contribution is 2.19. The lowest BCUT2D eigenvalue weighted by atomic mass is 10.2. The van der Waals surface area contributed by atoms with Gasteiger partial charge < -0.3 is 0 Å². The molecule has 0 radical (unpaired) electrons. The largest absolute Gasteiger partial charge is 0.268 e. The highest BCUT2D eigenvalue weighted by molar-refractivity contribution is 14.1. The normalized spacial score (nSPS) is 10.9. The molecular weight excluding hydrogens is 454 g/mol. The Morgan fingerprint density at radius 1 is 1.15 bits per heavy atom. The van der Waals surface area contributed by atoms with Crippen molar-refractivity contribution in [2.24, 2.45) is 0 Å². The molecule has 0 saturated heterocycles. The summed E-state index contributed by atoms with van der Waals surface area (Å²) < 4.78 is 3.33. The van der Waals surface area contributed by atoms with E-state index in [4.69, 9.17) is 11.6 Å². The number of hydrogen-bond donors (Lipinski definition) is 0. The predicted molar refractivity (Wildman–Crippen MR) is 92.8 cm³/mol. The Morgan fingerprint density at radius 2 is 1.85 bits per heavy atom. The van der Waals surface area contributed by atoms with Crippen LogP contribution >= 0.6 is 50.1 Å². The summed E-state index contributed by atoms with van der Waals surface area (Å²) in [6, 6.07) is 12.9. The van der Waals surface area contributed by atoms with Gasteiger partial charge in [-0.1, -0.05) is 15.9 Å². The lowest BCUT2D eigenvalue weighted by Crippen LogP contribution is -2.20. The minimum absolute atomic E-state index is 0.158. The zero-order chi connectivity index (χ0) is 14.3. The van der Waals surface area contributed by atoms with E-state index in [2.05, 4.69) is 43.5 Å². The lowest BCUT2D eigenvalue weighted by molar-refractivity contribution is 0.963. The Bertz CT molecular complexity index is 861. The Labute approximate surface area is 141 Å². The molecule has 0 aliphatic carbocycles. The highest BCUT2D eigenvalue weighted by atomic mass is 127. The zero-order valence-electron chi connectivity index (χ0n) is 9.98. The van der Waals surface area contributed by atoms with E-state index in [9.17, 15) is 4.79 Å². The third-order valence-corrected chi connectivity index (χ3v) is 4.33. The maximum Gasteiger partial charge on any atom is 0.266 e. The summed E-state index contributed by atoms with van der Waals surface area (Å²) in [4.78, 5) is 16.9. The molecule has 6 heteroatoms. The number of fused-ring (bicyclic) bond motifs is 1. The van der Waals surface area contributed by atoms with Crippen LogP contribution < -0.4 is 5.56 Å². The number of aromatic nitrogens is 2. The number of rotatable bonds is 1. The van der Waals surface area contributed by atoms with Crippen LogP contribution in [-0.4, -0.2) is 9.55 Å². The van der Waals surface area contributed by atoms with Gasteiger partial charge in [-0.15, -0.1) is 0 Å². The molecule has 1 aromatic heterocycles. The second-order valence-electron chi connectivity index (χ2n) is 4.16. The van der Waals surface area contributed by atoms with Crippen LogP contribution in [0.15, 0.2) is 51.7 Å². The van der Waals surface area contributed by atoms with Crippen molar-refractivity contribution in [2.75, 3.05) is 0 Å². The molecule has 0 fully saturated rings. The molecule has 0 atom stereocenters. The molecule has 3 aromatic rings. The van der Waals surface area contributed by atoms with Gasteiger partial charge in [0, 0.05) is 8.04 Å². The first-order valence-corrected chi connectivity index (χ1v) is 7.95. The van der Waals surface area contributed by atoms with Crippen LogP contribution in [0.4, 0.5) is 0 Å². The van der Waals surface area contributed by atoms with Crippen molar-refractivity contribution in [3.63, 3.8) is 0 Å². The van der Waals surface area contributed by atoms with Gasteiger partial charge in [0.2, 0.25) is 5.28 Å². The monoisotopic (exact) mass is 460 g/mol. The summed E-state index contributed by atoms with van der Waals surface area (Å²) in [5.41, 5.74) is 1.13. The maximum absolute atomic E-state index is 12.6. The topological polar surface area (TPSA) is 34.9 Å². The molecule has 0 aliphatic heterocycles. The van der Waals surface area contributed by atoms with Gasteiger partial charge in [-0.3, -0.25) is 9.36 Å². The standard InChI is InChI=1S/C14H7BrClIN2O/c15-8-1-4-10(5-2-8)19-13(20)11-7-9(17)3-6-12(11)18-14(19)16/h1-7H. The smallest absolute Gasteiger partial charge is 0.266 e. The Hall–Kier alpha value is -0.920. The highest BCUT2D eigenvalue weighted by Gasteiger charge is 2.11. The Kier molecular flexibility index (Phi) is 3.83. The first-order valence-electron chi connectivity index (χ1n) is 5.70. The average Bonchev–Trinajstić information content (AvgIpc) is 2.42. The molecule has 3 rings (SSSR count). The third kappa shape index (κ3) is 2.49. The van der Waals surface area contributed by atoms with E-state index in [1.54, 1.807) is 6.07 Å². The summed E-state index contributed by atoms with van der Waals surface area (Å²) in [5.74, 6) is 0. The molecule has 0 spiro atoms. The van der Waals surface area contributed by atoms with Gasteiger partial charge in [-0.25, -0.2) is 4.98 Å². The van der Waals surface area contributed by atoms with Crippen LogP contribution in [0, 0.1) is 3.57 Å². The summed E-state index contributed by atoms with van der Waals surface area (Å²) in [7, 11) is 0. The molecule has 20 heavy (non-hydrogen) atoms. The molecule has 3 nitrogen and oxygen atoms in total. The first-order chi connectivity index (χ1) is 9.56. The molecular formula is C14H7BrClIN2O. The predicted octanol–water partition coefficient (Wildman–Crippen LogP) is 4.41. The first kappa shape index (κ1) is 14.0. The van der Waals surface area contributed by atoms with Crippen molar-refractivity contribution in [3.8, 4) is 5.69 Å². The average molecular weight is 461 g/mol. The molecule has 0 saturated carbocycles. The zero-order valence-corrected chi connectivity index (χ0v) is 14.5. The SMILES string of the molecule is O=c1c2cc(I)ccc2nc(Cl)n1-c1ccc(Br)cc1. The fourth-order valence-corrected chi connectivity index (χ4v) is 2.97. The summed E-state index contributed by atoms with van der Waals surface area (Å²) >= 11 is 11.7. The third-order valence-electron chi connectivity index (χ3n) is 2.87. The summed E-state index contributed by atoms with van der Waals surface area (Å²) in [6.45, 7) is 0. The van der Waals surface area contributed by atoms with Crippen LogP contribution in [-0.2, 0) is 0 Å². The Morgan fingerprint density at radius 3 is 2.55 bits per heavy atom. The Balaban J connectivity index is 2.36. The van der Waals surface area contributed by atoms with Crippen molar-refractivity contribution in [1.29, 1.82) is 0 Å². The van der Waals surface area contributed by atoms with Gasteiger partial charge in [0.25, 0.3) is 5.56 Å². The second kappa shape index (κ2) is 5.46. The molecule has 0 N–H and O–H groups in total. The van der Waals surface area contributed by atoms with Gasteiger partial charge in [-0.05, 0) is 76.7 Å². The lowest BCUT2D eigenvalue weighted by Gasteiger charge is -2.09. The molecule has 0 amide bonds. The molecule has 0 unspecified atom stereocenters. The minimum Gasteiger partial charge on any atom is -0.268 e. The summed E-state index contributed by atoms with van der Waals surface area (Å²) in [6.07, 6.45) is 0. The van der Waals surface area contributed by atoms with Crippen LogP contribution in [0.3, 0.4) is 0 Å². The van der Waals surface area contributed by atoms with E-state index in [1.807, 2.05) is 36.4 Å². The van der Waals surface area contributed by atoms with Crippen LogP contribution in [0.5, 0.6) is 0 Å². The molecule has 2 aromatic carbocycles. The van der Waals surface area contributed by atoms with E-state index in [1.165, 1.54) is 4.57 Å². The fourth-order valence-electron chi connectivity index (χ4n) is 1.94. The molecule has 100 valence electrons. The molecule has 1 heterocycles. The van der Waals surface area contributed by atoms with Crippen molar-refractivity contribution >= 4 is 61.0 Å². The van der Waals surface area contributed by atoms with E-state index < -0.39 is 0 Å². The molecule has 0 bridgehead atoms. The maximum atomic E-state index is 12.6. The quantitative estimate of drug-likeness (QED) is 0.398.